The second-order valence-corrected chi connectivity index (χ2v) is 8.31. The van der Waals surface area contributed by atoms with Gasteiger partial charge in [-0.3, -0.25) is 9.78 Å². The zero-order valence-electron chi connectivity index (χ0n) is 16.7. The lowest BCUT2D eigenvalue weighted by atomic mass is 9.72. The van der Waals surface area contributed by atoms with Gasteiger partial charge in [-0.2, -0.15) is 0 Å². The number of aryl methyl sites for hydroxylation is 1. The van der Waals surface area contributed by atoms with Crippen LogP contribution in [-0.4, -0.2) is 21.2 Å². The van der Waals surface area contributed by atoms with Gasteiger partial charge >= 0.3 is 5.97 Å². The Morgan fingerprint density at radius 2 is 1.86 bits per heavy atom. The fourth-order valence-corrected chi connectivity index (χ4v) is 4.22. The molecule has 3 aromatic rings. The minimum absolute atomic E-state index is 0.0573. The molecule has 1 aliphatic rings. The number of phenols is 1. The molecule has 0 amide bonds. The molecule has 29 heavy (non-hydrogen) atoms. The van der Waals surface area contributed by atoms with Crippen molar-refractivity contribution in [1.82, 2.24) is 4.98 Å². The molecule has 2 aromatic carbocycles. The van der Waals surface area contributed by atoms with Crippen LogP contribution < -0.4 is 0 Å². The smallest absolute Gasteiger partial charge is 0.306 e. The molecule has 0 radical (unpaired) electrons. The number of hydrogen-bond donors (Lipinski definition) is 2. The van der Waals surface area contributed by atoms with E-state index in [1.54, 1.807) is 25.1 Å². The average molecular weight is 393 g/mol. The highest BCUT2D eigenvalue weighted by Gasteiger charge is 2.37. The molecule has 5 heteroatoms. The van der Waals surface area contributed by atoms with Crippen molar-refractivity contribution < 1.29 is 19.4 Å². The molecule has 1 saturated carbocycles. The third-order valence-electron chi connectivity index (χ3n) is 5.91. The van der Waals surface area contributed by atoms with Crippen molar-refractivity contribution in [1.29, 1.82) is 0 Å². The average Bonchev–Trinajstić information content (AvgIpc) is 2.62. The first-order chi connectivity index (χ1) is 13.8. The highest BCUT2D eigenvalue weighted by molar-refractivity contribution is 6.00. The van der Waals surface area contributed by atoms with Crippen LogP contribution in [0.15, 0.2) is 36.4 Å². The highest BCUT2D eigenvalue weighted by atomic mass is 19.1. The molecule has 1 fully saturated rings. The van der Waals surface area contributed by atoms with Gasteiger partial charge in [-0.15, -0.1) is 0 Å². The standard InChI is InChI=1S/C24H24FNO3/c1-12(2)22-21(14-4-7-20(25)13(3)8-14)18-6-5-17(27)11-19(18)23(26-22)15-9-16(10-15)24(28)29/h4-8,11-12,15-16,27H,9-10H2,1-3H3,(H,28,29)/t15-,16-. The van der Waals surface area contributed by atoms with E-state index in [0.29, 0.717) is 18.4 Å². The fraction of sp³-hybridized carbons (Fsp3) is 0.333. The monoisotopic (exact) mass is 393 g/mol. The van der Waals surface area contributed by atoms with Gasteiger partial charge in [0.15, 0.2) is 0 Å². The Labute approximate surface area is 169 Å². The minimum atomic E-state index is -0.768. The zero-order chi connectivity index (χ0) is 20.9. The number of halogens is 1. The van der Waals surface area contributed by atoms with E-state index in [4.69, 9.17) is 4.98 Å². The van der Waals surface area contributed by atoms with E-state index in [-0.39, 0.29) is 29.3 Å². The first-order valence-electron chi connectivity index (χ1n) is 9.92. The summed E-state index contributed by atoms with van der Waals surface area (Å²) in [5, 5.41) is 21.1. The van der Waals surface area contributed by atoms with E-state index in [1.807, 2.05) is 12.1 Å². The second-order valence-electron chi connectivity index (χ2n) is 8.31. The van der Waals surface area contributed by atoms with Crippen molar-refractivity contribution in [3.05, 3.63) is 59.2 Å². The maximum atomic E-state index is 13.9. The predicted molar refractivity (Wildman–Crippen MR) is 111 cm³/mol. The first kappa shape index (κ1) is 19.4. The lowest BCUT2D eigenvalue weighted by molar-refractivity contribution is -0.145. The van der Waals surface area contributed by atoms with Crippen LogP contribution in [0.25, 0.3) is 21.9 Å². The van der Waals surface area contributed by atoms with E-state index >= 15 is 0 Å². The predicted octanol–water partition coefficient (Wildman–Crippen LogP) is 5.76. The SMILES string of the molecule is Cc1cc(-c2c(C(C)C)nc([C@H]3C[C@H](C(=O)O)C3)c3cc(O)ccc23)ccc1F. The van der Waals surface area contributed by atoms with Gasteiger partial charge < -0.3 is 10.2 Å². The van der Waals surface area contributed by atoms with Gasteiger partial charge in [-0.25, -0.2) is 4.39 Å². The summed E-state index contributed by atoms with van der Waals surface area (Å²) in [7, 11) is 0. The summed E-state index contributed by atoms with van der Waals surface area (Å²) >= 11 is 0. The first-order valence-corrected chi connectivity index (χ1v) is 9.92. The van der Waals surface area contributed by atoms with Crippen LogP contribution >= 0.6 is 0 Å². The number of aliphatic carboxylic acids is 1. The summed E-state index contributed by atoms with van der Waals surface area (Å²) in [6.07, 6.45) is 1.11. The molecule has 2 N–H and O–H groups in total. The van der Waals surface area contributed by atoms with Crippen LogP contribution in [0.1, 0.15) is 55.5 Å². The van der Waals surface area contributed by atoms with E-state index in [1.165, 1.54) is 6.07 Å². The number of carboxylic acid groups (broad SMARTS) is 1. The zero-order valence-corrected chi connectivity index (χ0v) is 16.7. The highest BCUT2D eigenvalue weighted by Crippen LogP contribution is 2.46. The Kier molecular flexibility index (Phi) is 4.77. The maximum absolute atomic E-state index is 13.9. The molecule has 1 heterocycles. The molecular formula is C24H24FNO3. The van der Waals surface area contributed by atoms with Crippen molar-refractivity contribution >= 4 is 16.7 Å². The quantitative estimate of drug-likeness (QED) is 0.591. The third kappa shape index (κ3) is 3.35. The molecule has 150 valence electrons. The number of benzene rings is 2. The summed E-state index contributed by atoms with van der Waals surface area (Å²) in [6.45, 7) is 5.88. The number of phenolic OH excluding ortho intramolecular Hbond substituents is 1. The van der Waals surface area contributed by atoms with Crippen LogP contribution in [0.4, 0.5) is 4.39 Å². The van der Waals surface area contributed by atoms with Crippen LogP contribution in [0.2, 0.25) is 0 Å². The molecule has 4 nitrogen and oxygen atoms in total. The Bertz CT molecular complexity index is 1120. The maximum Gasteiger partial charge on any atom is 0.306 e. The van der Waals surface area contributed by atoms with Crippen LogP contribution in [0, 0.1) is 18.7 Å². The van der Waals surface area contributed by atoms with Crippen molar-refractivity contribution in [3.8, 4) is 16.9 Å². The number of aromatic hydroxyl groups is 1. The van der Waals surface area contributed by atoms with Gasteiger partial charge in [0.25, 0.3) is 0 Å². The van der Waals surface area contributed by atoms with Crippen LogP contribution in [0.5, 0.6) is 5.75 Å². The van der Waals surface area contributed by atoms with E-state index in [9.17, 15) is 19.4 Å². The summed E-state index contributed by atoms with van der Waals surface area (Å²) in [4.78, 5) is 16.2. The molecule has 0 atom stereocenters. The van der Waals surface area contributed by atoms with Crippen molar-refractivity contribution in [2.75, 3.05) is 0 Å². The van der Waals surface area contributed by atoms with Gasteiger partial charge in [0, 0.05) is 16.9 Å². The molecule has 1 aliphatic carbocycles. The Morgan fingerprint density at radius 3 is 2.48 bits per heavy atom. The number of rotatable bonds is 4. The van der Waals surface area contributed by atoms with Crippen LogP contribution in [0.3, 0.4) is 0 Å². The molecule has 0 bridgehead atoms. The minimum Gasteiger partial charge on any atom is -0.508 e. The second kappa shape index (κ2) is 7.14. The molecule has 0 unspecified atom stereocenters. The lowest BCUT2D eigenvalue weighted by Crippen LogP contribution is -2.29. The number of aromatic nitrogens is 1. The summed E-state index contributed by atoms with van der Waals surface area (Å²) in [5.74, 6) is -1.02. The molecule has 4 rings (SSSR count). The topological polar surface area (TPSA) is 70.4 Å². The molecule has 1 aromatic heterocycles. The van der Waals surface area contributed by atoms with Gasteiger partial charge in [-0.05, 0) is 72.5 Å². The van der Waals surface area contributed by atoms with Crippen molar-refractivity contribution in [2.24, 2.45) is 5.92 Å². The molecular weight excluding hydrogens is 369 g/mol. The van der Waals surface area contributed by atoms with Crippen molar-refractivity contribution in [2.45, 2.75) is 45.4 Å². The largest absolute Gasteiger partial charge is 0.508 e. The third-order valence-corrected chi connectivity index (χ3v) is 5.91. The van der Waals surface area contributed by atoms with Crippen molar-refractivity contribution in [3.63, 3.8) is 0 Å². The number of hydrogen-bond acceptors (Lipinski definition) is 3. The molecule has 0 saturated heterocycles. The summed E-state index contributed by atoms with van der Waals surface area (Å²) < 4.78 is 13.9. The van der Waals surface area contributed by atoms with E-state index in [0.717, 1.165) is 33.3 Å². The lowest BCUT2D eigenvalue weighted by Gasteiger charge is -2.33. The summed E-state index contributed by atoms with van der Waals surface area (Å²) in [6, 6.07) is 10.3. The van der Waals surface area contributed by atoms with E-state index in [2.05, 4.69) is 13.8 Å². The molecule has 0 aliphatic heterocycles. The number of carbonyl (C=O) groups is 1. The Hall–Kier alpha value is -2.95. The number of fused-ring (bicyclic) bond motifs is 1. The number of carboxylic acids is 1. The van der Waals surface area contributed by atoms with Gasteiger partial charge in [-0.1, -0.05) is 19.9 Å². The van der Waals surface area contributed by atoms with E-state index < -0.39 is 5.97 Å². The number of pyridine rings is 1. The summed E-state index contributed by atoms with van der Waals surface area (Å²) in [5.41, 5.74) is 4.15. The normalized spacial score (nSPS) is 18.8. The van der Waals surface area contributed by atoms with Gasteiger partial charge in [0.2, 0.25) is 0 Å². The number of nitrogens with zero attached hydrogens (tertiary/aromatic N) is 1. The van der Waals surface area contributed by atoms with Gasteiger partial charge in [0.05, 0.1) is 17.3 Å². The van der Waals surface area contributed by atoms with Gasteiger partial charge in [0.1, 0.15) is 11.6 Å². The fourth-order valence-electron chi connectivity index (χ4n) is 4.22. The molecule has 0 spiro atoms. The Morgan fingerprint density at radius 1 is 1.14 bits per heavy atom. The Balaban J connectivity index is 1.96. The van der Waals surface area contributed by atoms with Crippen LogP contribution in [-0.2, 0) is 4.79 Å².